The predicted octanol–water partition coefficient (Wildman–Crippen LogP) is 2.36. The van der Waals surface area contributed by atoms with Crippen molar-refractivity contribution in [2.24, 2.45) is 5.92 Å². The van der Waals surface area contributed by atoms with Gasteiger partial charge in [0.2, 0.25) is 5.91 Å². The highest BCUT2D eigenvalue weighted by molar-refractivity contribution is 5.94. The number of hydrogen-bond donors (Lipinski definition) is 1. The molecule has 0 aromatic carbocycles. The highest BCUT2D eigenvalue weighted by Crippen LogP contribution is 2.28. The van der Waals surface area contributed by atoms with Crippen LogP contribution in [0.1, 0.15) is 39.5 Å². The van der Waals surface area contributed by atoms with E-state index in [0.29, 0.717) is 25.6 Å². The predicted molar refractivity (Wildman–Crippen MR) is 107 cm³/mol. The highest BCUT2D eigenvalue weighted by atomic mass is 16.5. The summed E-state index contributed by atoms with van der Waals surface area (Å²) in [4.78, 5) is 40.2. The molecule has 2 atom stereocenters. The zero-order valence-electron chi connectivity index (χ0n) is 16.9. The van der Waals surface area contributed by atoms with Crippen molar-refractivity contribution in [3.8, 4) is 0 Å². The Morgan fingerprint density at radius 3 is 3.00 bits per heavy atom. The molecule has 0 radical (unpaired) electrons. The first-order valence-electron chi connectivity index (χ1n) is 9.95. The summed E-state index contributed by atoms with van der Waals surface area (Å²) in [7, 11) is 2.00. The molecule has 3 heterocycles. The van der Waals surface area contributed by atoms with Crippen LogP contribution in [0.15, 0.2) is 18.6 Å². The molecule has 2 unspecified atom stereocenters. The third kappa shape index (κ3) is 4.43. The molecule has 1 N–H and O–H groups in total. The molecule has 1 fully saturated rings. The molecular weight excluding hydrogens is 358 g/mol. The fourth-order valence-corrected chi connectivity index (χ4v) is 3.69. The van der Waals surface area contributed by atoms with Crippen LogP contribution in [0.5, 0.6) is 0 Å². The number of nitrogens with zero attached hydrogens (tertiary/aromatic N) is 4. The second-order valence-electron chi connectivity index (χ2n) is 7.47. The third-order valence-electron chi connectivity index (χ3n) is 5.49. The molecule has 0 bridgehead atoms. The summed E-state index contributed by atoms with van der Waals surface area (Å²) >= 11 is 0. The number of nitrogens with one attached hydrogen (secondary N) is 1. The van der Waals surface area contributed by atoms with Crippen molar-refractivity contribution in [3.05, 3.63) is 18.6 Å². The number of rotatable bonds is 7. The average Bonchev–Trinajstić information content (AvgIpc) is 3.16. The molecular formula is C20H29N5O3. The summed E-state index contributed by atoms with van der Waals surface area (Å²) in [5.74, 6) is 0.638. The number of carbonyl (C=O) groups is 2. The lowest BCUT2D eigenvalue weighted by Crippen LogP contribution is -2.53. The van der Waals surface area contributed by atoms with Crippen LogP contribution >= 0.6 is 0 Å². The number of aromatic nitrogens is 3. The number of esters is 1. The first-order chi connectivity index (χ1) is 13.5. The van der Waals surface area contributed by atoms with E-state index in [4.69, 9.17) is 4.74 Å². The molecule has 2 aromatic rings. The van der Waals surface area contributed by atoms with Crippen LogP contribution < -0.4 is 4.90 Å². The number of ether oxygens (including phenoxy) is 1. The lowest BCUT2D eigenvalue weighted by molar-refractivity contribution is -0.149. The van der Waals surface area contributed by atoms with Gasteiger partial charge < -0.3 is 19.5 Å². The van der Waals surface area contributed by atoms with Crippen LogP contribution in [0, 0.1) is 5.92 Å². The van der Waals surface area contributed by atoms with Crippen molar-refractivity contribution >= 4 is 28.7 Å². The van der Waals surface area contributed by atoms with E-state index in [0.717, 1.165) is 36.1 Å². The van der Waals surface area contributed by atoms with Gasteiger partial charge in [0.25, 0.3) is 0 Å². The van der Waals surface area contributed by atoms with Crippen LogP contribution in [0.3, 0.4) is 0 Å². The Labute approximate surface area is 165 Å². The maximum atomic E-state index is 12.6. The third-order valence-corrected chi connectivity index (χ3v) is 5.49. The molecule has 8 nitrogen and oxygen atoms in total. The molecule has 0 saturated carbocycles. The zero-order chi connectivity index (χ0) is 20.1. The van der Waals surface area contributed by atoms with Crippen molar-refractivity contribution in [1.82, 2.24) is 19.9 Å². The quantitative estimate of drug-likeness (QED) is 0.445. The summed E-state index contributed by atoms with van der Waals surface area (Å²) in [5, 5.41) is 0.958. The Hall–Kier alpha value is -2.64. The standard InChI is InChI=1S/C20H29N5O3/c1-4-5-10-28-18(27)11-17(26)25-9-7-14(2)16(12-25)24(3)20-15-6-8-21-19(15)22-13-23-20/h6,8,13-14,16H,4-5,7,9-12H2,1-3H3,(H,21,22,23). The van der Waals surface area contributed by atoms with Crippen molar-refractivity contribution < 1.29 is 14.3 Å². The van der Waals surface area contributed by atoms with Gasteiger partial charge in [0.1, 0.15) is 24.2 Å². The molecule has 8 heteroatoms. The van der Waals surface area contributed by atoms with Gasteiger partial charge in [-0.3, -0.25) is 9.59 Å². The minimum absolute atomic E-state index is 0.113. The number of aromatic amines is 1. The van der Waals surface area contributed by atoms with E-state index < -0.39 is 5.97 Å². The molecule has 1 aliphatic heterocycles. The summed E-state index contributed by atoms with van der Waals surface area (Å²) in [6.07, 6.45) is 5.86. The molecule has 1 aliphatic rings. The number of H-pyrrole nitrogens is 1. The first kappa shape index (κ1) is 20.1. The van der Waals surface area contributed by atoms with E-state index in [1.807, 2.05) is 26.2 Å². The highest BCUT2D eigenvalue weighted by Gasteiger charge is 2.33. The number of piperidine rings is 1. The van der Waals surface area contributed by atoms with Crippen LogP contribution in [0.4, 0.5) is 5.82 Å². The SMILES string of the molecule is CCCCOC(=O)CC(=O)N1CCC(C)C(N(C)c2ncnc3[nH]ccc23)C1. The molecule has 1 saturated heterocycles. The number of unbranched alkanes of at least 4 members (excludes halogenated alkanes) is 1. The minimum Gasteiger partial charge on any atom is -0.465 e. The lowest BCUT2D eigenvalue weighted by Gasteiger charge is -2.42. The second kappa shape index (κ2) is 9.03. The van der Waals surface area contributed by atoms with Crippen LogP contribution in [-0.2, 0) is 14.3 Å². The molecule has 28 heavy (non-hydrogen) atoms. The van der Waals surface area contributed by atoms with Crippen molar-refractivity contribution in [3.63, 3.8) is 0 Å². The van der Waals surface area contributed by atoms with Gasteiger partial charge in [0.05, 0.1) is 18.0 Å². The number of carbonyl (C=O) groups excluding carboxylic acids is 2. The van der Waals surface area contributed by atoms with Crippen LogP contribution in [0.2, 0.25) is 0 Å². The largest absolute Gasteiger partial charge is 0.465 e. The maximum absolute atomic E-state index is 12.6. The molecule has 152 valence electrons. The van der Waals surface area contributed by atoms with Crippen LogP contribution in [0.25, 0.3) is 11.0 Å². The normalized spacial score (nSPS) is 19.6. The lowest BCUT2D eigenvalue weighted by atomic mass is 9.92. The van der Waals surface area contributed by atoms with Gasteiger partial charge in [-0.15, -0.1) is 0 Å². The van der Waals surface area contributed by atoms with Gasteiger partial charge in [-0.2, -0.15) is 0 Å². The van der Waals surface area contributed by atoms with Gasteiger partial charge in [-0.1, -0.05) is 20.3 Å². The van der Waals surface area contributed by atoms with Gasteiger partial charge in [-0.25, -0.2) is 9.97 Å². The van der Waals surface area contributed by atoms with Gasteiger partial charge in [0.15, 0.2) is 0 Å². The molecule has 2 aromatic heterocycles. The Kier molecular flexibility index (Phi) is 6.49. The summed E-state index contributed by atoms with van der Waals surface area (Å²) in [5.41, 5.74) is 0.795. The smallest absolute Gasteiger partial charge is 0.315 e. The first-order valence-corrected chi connectivity index (χ1v) is 9.95. The summed E-state index contributed by atoms with van der Waals surface area (Å²) in [6.45, 7) is 5.83. The maximum Gasteiger partial charge on any atom is 0.315 e. The molecule has 1 amide bonds. The van der Waals surface area contributed by atoms with Gasteiger partial charge >= 0.3 is 5.97 Å². The van der Waals surface area contributed by atoms with E-state index in [2.05, 4.69) is 26.8 Å². The number of anilines is 1. The van der Waals surface area contributed by atoms with E-state index >= 15 is 0 Å². The van der Waals surface area contributed by atoms with Gasteiger partial charge in [0, 0.05) is 26.3 Å². The molecule has 0 spiro atoms. The molecule has 3 rings (SSSR count). The number of likely N-dealkylation sites (N-methyl/N-ethyl adjacent to an activating group) is 1. The summed E-state index contributed by atoms with van der Waals surface area (Å²) < 4.78 is 5.13. The van der Waals surface area contributed by atoms with Crippen molar-refractivity contribution in [1.29, 1.82) is 0 Å². The van der Waals surface area contributed by atoms with Crippen LogP contribution in [-0.4, -0.2) is 64.5 Å². The topological polar surface area (TPSA) is 91.4 Å². The Morgan fingerprint density at radius 2 is 2.21 bits per heavy atom. The Bertz CT molecular complexity index is 821. The van der Waals surface area contributed by atoms with E-state index in [-0.39, 0.29) is 18.4 Å². The number of fused-ring (bicyclic) bond motifs is 1. The van der Waals surface area contributed by atoms with E-state index in [1.54, 1.807) is 11.2 Å². The summed E-state index contributed by atoms with van der Waals surface area (Å²) in [6, 6.07) is 2.07. The average molecular weight is 387 g/mol. The Morgan fingerprint density at radius 1 is 1.39 bits per heavy atom. The second-order valence-corrected chi connectivity index (χ2v) is 7.47. The van der Waals surface area contributed by atoms with Gasteiger partial charge in [-0.05, 0) is 24.8 Å². The minimum atomic E-state index is -0.438. The molecule has 0 aliphatic carbocycles. The fraction of sp³-hybridized carbons (Fsp3) is 0.600. The van der Waals surface area contributed by atoms with E-state index in [1.165, 1.54) is 0 Å². The fourth-order valence-electron chi connectivity index (χ4n) is 3.69. The van der Waals surface area contributed by atoms with Crippen molar-refractivity contribution in [2.45, 2.75) is 45.6 Å². The van der Waals surface area contributed by atoms with Crippen molar-refractivity contribution in [2.75, 3.05) is 31.6 Å². The van der Waals surface area contributed by atoms with E-state index in [9.17, 15) is 9.59 Å². The Balaban J connectivity index is 1.66. The monoisotopic (exact) mass is 387 g/mol. The number of hydrogen-bond acceptors (Lipinski definition) is 6. The number of likely N-dealkylation sites (tertiary alicyclic amines) is 1. The zero-order valence-corrected chi connectivity index (χ0v) is 16.9. The number of amides is 1.